The first-order valence-electron chi connectivity index (χ1n) is 4.68. The lowest BCUT2D eigenvalue weighted by atomic mass is 9.92. The molecule has 17 heavy (non-hydrogen) atoms. The van der Waals surface area contributed by atoms with Gasteiger partial charge in [-0.2, -0.15) is 13.2 Å². The Labute approximate surface area is 98.2 Å². The minimum atomic E-state index is -4.81. The van der Waals surface area contributed by atoms with Gasteiger partial charge in [-0.05, 0) is 7.05 Å². The van der Waals surface area contributed by atoms with Crippen molar-refractivity contribution in [1.82, 2.24) is 4.90 Å². The van der Waals surface area contributed by atoms with Crippen LogP contribution >= 0.6 is 0 Å². The maximum absolute atomic E-state index is 13.1. The third-order valence-electron chi connectivity index (χ3n) is 2.41. The third-order valence-corrected chi connectivity index (χ3v) is 2.41. The van der Waals surface area contributed by atoms with Crippen molar-refractivity contribution >= 4 is 5.97 Å². The minimum Gasteiger partial charge on any atom is -0.467 e. The molecule has 0 aromatic heterocycles. The molecule has 0 spiro atoms. The molecule has 0 aliphatic carbocycles. The monoisotopic (exact) mass is 249 g/mol. The zero-order valence-electron chi connectivity index (χ0n) is 9.67. The average molecular weight is 249 g/mol. The fourth-order valence-corrected chi connectivity index (χ4v) is 1.49. The van der Waals surface area contributed by atoms with Crippen molar-refractivity contribution in [3.8, 4) is 12.3 Å². The van der Waals surface area contributed by atoms with Crippen LogP contribution in [0.15, 0.2) is 12.7 Å². The zero-order valence-corrected chi connectivity index (χ0v) is 9.67. The molecule has 0 aromatic rings. The first-order chi connectivity index (χ1) is 7.77. The van der Waals surface area contributed by atoms with Crippen molar-refractivity contribution in [3.63, 3.8) is 0 Å². The van der Waals surface area contributed by atoms with Crippen molar-refractivity contribution in [1.29, 1.82) is 0 Å². The molecule has 0 radical (unpaired) electrons. The summed E-state index contributed by atoms with van der Waals surface area (Å²) in [4.78, 5) is 12.2. The Kier molecular flexibility index (Phi) is 5.23. The lowest BCUT2D eigenvalue weighted by Crippen LogP contribution is -2.63. The Bertz CT molecular complexity index is 333. The van der Waals surface area contributed by atoms with Crippen molar-refractivity contribution in [2.75, 3.05) is 20.7 Å². The van der Waals surface area contributed by atoms with Crippen molar-refractivity contribution < 1.29 is 22.7 Å². The maximum atomic E-state index is 13.1. The molecule has 0 N–H and O–H groups in total. The van der Waals surface area contributed by atoms with E-state index in [0.29, 0.717) is 0 Å². The quantitative estimate of drug-likeness (QED) is 0.421. The van der Waals surface area contributed by atoms with E-state index >= 15 is 0 Å². The van der Waals surface area contributed by atoms with Gasteiger partial charge in [-0.3, -0.25) is 4.90 Å². The number of hydrogen-bond acceptors (Lipinski definition) is 3. The largest absolute Gasteiger partial charge is 0.467 e. The van der Waals surface area contributed by atoms with Crippen molar-refractivity contribution in [2.45, 2.75) is 18.1 Å². The van der Waals surface area contributed by atoms with Crippen LogP contribution < -0.4 is 0 Å². The van der Waals surface area contributed by atoms with Gasteiger partial charge in [0, 0.05) is 6.42 Å². The Morgan fingerprint density at radius 1 is 1.59 bits per heavy atom. The first kappa shape index (κ1) is 15.5. The highest BCUT2D eigenvalue weighted by Gasteiger charge is 2.63. The van der Waals surface area contributed by atoms with Gasteiger partial charge >= 0.3 is 12.1 Å². The molecule has 3 nitrogen and oxygen atoms in total. The van der Waals surface area contributed by atoms with E-state index in [1.54, 1.807) is 0 Å². The molecule has 0 saturated carbocycles. The van der Waals surface area contributed by atoms with Gasteiger partial charge in [-0.1, -0.05) is 12.0 Å². The number of terminal acetylenes is 1. The van der Waals surface area contributed by atoms with E-state index in [2.05, 4.69) is 17.2 Å². The molecule has 1 atom stereocenters. The smallest absolute Gasteiger partial charge is 0.417 e. The van der Waals surface area contributed by atoms with Crippen LogP contribution in [-0.4, -0.2) is 43.3 Å². The van der Waals surface area contributed by atoms with Crippen LogP contribution in [0.4, 0.5) is 13.2 Å². The number of methoxy groups -OCH3 is 1. The van der Waals surface area contributed by atoms with Crippen LogP contribution in [0.1, 0.15) is 6.42 Å². The second-order valence-electron chi connectivity index (χ2n) is 3.40. The predicted octanol–water partition coefficient (Wildman–Crippen LogP) is 1.60. The third kappa shape index (κ3) is 2.80. The molecule has 0 aliphatic rings. The van der Waals surface area contributed by atoms with Crippen LogP contribution in [-0.2, 0) is 9.53 Å². The first-order valence-corrected chi connectivity index (χ1v) is 4.68. The normalized spacial score (nSPS) is 14.9. The highest BCUT2D eigenvalue weighted by Crippen LogP contribution is 2.38. The highest BCUT2D eigenvalue weighted by atomic mass is 19.4. The van der Waals surface area contributed by atoms with Gasteiger partial charge in [0.05, 0.1) is 13.7 Å². The molecule has 96 valence electrons. The lowest BCUT2D eigenvalue weighted by molar-refractivity contribution is -0.234. The average Bonchev–Trinajstić information content (AvgIpc) is 2.23. The number of carbonyl (C=O) groups is 1. The Morgan fingerprint density at radius 3 is 2.41 bits per heavy atom. The summed E-state index contributed by atoms with van der Waals surface area (Å²) >= 11 is 0. The maximum Gasteiger partial charge on any atom is 0.417 e. The SMILES string of the molecule is C#CCN(C)C(CC=C)(C(=O)OC)C(F)(F)F. The molecular formula is C11H14F3NO2. The summed E-state index contributed by atoms with van der Waals surface area (Å²) in [5.74, 6) is 0.666. The summed E-state index contributed by atoms with van der Waals surface area (Å²) in [6, 6.07) is 0. The topological polar surface area (TPSA) is 29.5 Å². The van der Waals surface area contributed by atoms with E-state index in [0.717, 1.165) is 25.1 Å². The standard InChI is InChI=1S/C11H14F3NO2/c1-5-7-10(9(16)17-4,11(12,13)14)15(3)8-6-2/h2,5H,1,7-8H2,3-4H3. The van der Waals surface area contributed by atoms with E-state index in [9.17, 15) is 18.0 Å². The molecule has 0 aromatic carbocycles. The summed E-state index contributed by atoms with van der Waals surface area (Å²) in [5.41, 5.74) is -2.78. The molecule has 0 heterocycles. The second kappa shape index (κ2) is 5.73. The van der Waals surface area contributed by atoms with Crippen molar-refractivity contribution in [2.24, 2.45) is 0 Å². The number of nitrogens with zero attached hydrogens (tertiary/aromatic N) is 1. The van der Waals surface area contributed by atoms with E-state index < -0.39 is 24.1 Å². The van der Waals surface area contributed by atoms with Crippen LogP contribution in [0.3, 0.4) is 0 Å². The van der Waals surface area contributed by atoms with E-state index in [1.165, 1.54) is 0 Å². The van der Waals surface area contributed by atoms with E-state index in [-0.39, 0.29) is 6.54 Å². The van der Waals surface area contributed by atoms with Gasteiger partial charge in [-0.15, -0.1) is 13.0 Å². The molecule has 0 saturated heterocycles. The summed E-state index contributed by atoms with van der Waals surface area (Å²) in [6.07, 6.45) is 0.552. The second-order valence-corrected chi connectivity index (χ2v) is 3.40. The number of ether oxygens (including phenoxy) is 1. The molecule has 0 amide bonds. The summed E-state index contributed by atoms with van der Waals surface area (Å²) in [6.45, 7) is 2.90. The fraction of sp³-hybridized carbons (Fsp3) is 0.545. The number of carbonyl (C=O) groups excluding carboxylic acids is 1. The molecular weight excluding hydrogens is 235 g/mol. The van der Waals surface area contributed by atoms with Gasteiger partial charge in [0.1, 0.15) is 0 Å². The summed E-state index contributed by atoms with van der Waals surface area (Å²) < 4.78 is 43.6. The van der Waals surface area contributed by atoms with Gasteiger partial charge in [-0.25, -0.2) is 4.79 Å². The number of likely N-dealkylation sites (N-methyl/N-ethyl adjacent to an activating group) is 1. The van der Waals surface area contributed by atoms with Crippen LogP contribution in [0.2, 0.25) is 0 Å². The Balaban J connectivity index is 5.65. The van der Waals surface area contributed by atoms with Crippen LogP contribution in [0.5, 0.6) is 0 Å². The van der Waals surface area contributed by atoms with Crippen LogP contribution in [0, 0.1) is 12.3 Å². The Hall–Kier alpha value is -1.48. The minimum absolute atomic E-state index is 0.331. The number of rotatable bonds is 5. The summed E-state index contributed by atoms with van der Waals surface area (Å²) in [7, 11) is 2.02. The number of halogens is 3. The number of esters is 1. The Morgan fingerprint density at radius 2 is 2.12 bits per heavy atom. The zero-order chi connectivity index (χ0) is 13.7. The fourth-order valence-electron chi connectivity index (χ4n) is 1.49. The lowest BCUT2D eigenvalue weighted by Gasteiger charge is -2.38. The highest BCUT2D eigenvalue weighted by molar-refractivity contribution is 5.82. The molecule has 0 aliphatic heterocycles. The van der Waals surface area contributed by atoms with Crippen molar-refractivity contribution in [3.05, 3.63) is 12.7 Å². The molecule has 1 unspecified atom stereocenters. The van der Waals surface area contributed by atoms with Gasteiger partial charge in [0.2, 0.25) is 5.54 Å². The van der Waals surface area contributed by atoms with Gasteiger partial charge in [0.25, 0.3) is 0 Å². The predicted molar refractivity (Wildman–Crippen MR) is 57.1 cm³/mol. The number of alkyl halides is 3. The molecule has 0 rings (SSSR count). The van der Waals surface area contributed by atoms with E-state index in [4.69, 9.17) is 6.42 Å². The van der Waals surface area contributed by atoms with Gasteiger partial charge in [0.15, 0.2) is 0 Å². The van der Waals surface area contributed by atoms with Crippen LogP contribution in [0.25, 0.3) is 0 Å². The number of hydrogen-bond donors (Lipinski definition) is 0. The summed E-state index contributed by atoms with van der Waals surface area (Å²) in [5, 5.41) is 0. The molecule has 6 heteroatoms. The molecule has 0 fully saturated rings. The van der Waals surface area contributed by atoms with E-state index in [1.807, 2.05) is 0 Å². The molecule has 0 bridgehead atoms. The van der Waals surface area contributed by atoms with Gasteiger partial charge < -0.3 is 4.74 Å².